The number of anilines is 3. The Labute approximate surface area is 57.6 Å². The average molecular weight is 141 g/mol. The predicted molar refractivity (Wildman–Crippen MR) is 39.6 cm³/mol. The highest BCUT2D eigenvalue weighted by atomic mass is 19.1. The highest BCUT2D eigenvalue weighted by Gasteiger charge is 2.00. The van der Waals surface area contributed by atoms with Gasteiger partial charge in [-0.25, -0.2) is 4.39 Å². The minimum Gasteiger partial charge on any atom is -0.397 e. The van der Waals surface area contributed by atoms with Crippen LogP contribution in [-0.2, 0) is 0 Å². The van der Waals surface area contributed by atoms with Gasteiger partial charge in [-0.3, -0.25) is 0 Å². The van der Waals surface area contributed by atoms with Gasteiger partial charge in [-0.2, -0.15) is 0 Å². The van der Waals surface area contributed by atoms with E-state index >= 15 is 0 Å². The van der Waals surface area contributed by atoms with E-state index in [1.54, 1.807) is 0 Å². The fourth-order valence-electron chi connectivity index (χ4n) is 0.623. The summed E-state index contributed by atoms with van der Waals surface area (Å²) in [4.78, 5) is 0. The quantitative estimate of drug-likeness (QED) is 0.462. The lowest BCUT2D eigenvalue weighted by atomic mass is 10.2. The van der Waals surface area contributed by atoms with Gasteiger partial charge in [-0.05, 0) is 6.07 Å². The van der Waals surface area contributed by atoms with Gasteiger partial charge in [-0.1, -0.05) is 0 Å². The Hall–Kier alpha value is -1.45. The normalized spacial score (nSPS) is 9.70. The maximum absolute atomic E-state index is 12.5. The molecule has 1 aromatic rings. The Kier molecular flexibility index (Phi) is 1.37. The molecule has 0 fully saturated rings. The highest BCUT2D eigenvalue weighted by Crippen LogP contribution is 2.20. The summed E-state index contributed by atoms with van der Waals surface area (Å²) in [5.74, 6) is -0.535. The summed E-state index contributed by atoms with van der Waals surface area (Å²) in [6.07, 6.45) is 0. The van der Waals surface area contributed by atoms with Gasteiger partial charge in [0.25, 0.3) is 0 Å². The van der Waals surface area contributed by atoms with Crippen LogP contribution in [0.25, 0.3) is 0 Å². The molecule has 6 N–H and O–H groups in total. The molecule has 10 heavy (non-hydrogen) atoms. The molecule has 3 nitrogen and oxygen atoms in total. The van der Waals surface area contributed by atoms with Gasteiger partial charge in [-0.15, -0.1) is 0 Å². The lowest BCUT2D eigenvalue weighted by molar-refractivity contribution is 0.633. The molecular formula is C6H8FN3. The number of halogens is 1. The number of hydrogen-bond acceptors (Lipinski definition) is 3. The highest BCUT2D eigenvalue weighted by molar-refractivity contribution is 5.68. The van der Waals surface area contributed by atoms with Crippen molar-refractivity contribution in [1.82, 2.24) is 0 Å². The topological polar surface area (TPSA) is 78.1 Å². The monoisotopic (exact) mass is 141 g/mol. The van der Waals surface area contributed by atoms with Crippen LogP contribution in [0.1, 0.15) is 0 Å². The predicted octanol–water partition coefficient (Wildman–Crippen LogP) is 0.572. The maximum Gasteiger partial charge on any atom is 0.148 e. The summed E-state index contributed by atoms with van der Waals surface area (Å²) in [5, 5.41) is 0. The lowest BCUT2D eigenvalue weighted by Crippen LogP contribution is -1.98. The zero-order chi connectivity index (χ0) is 7.72. The molecule has 0 saturated heterocycles. The van der Waals surface area contributed by atoms with Crippen LogP contribution in [0.3, 0.4) is 0 Å². The summed E-state index contributed by atoms with van der Waals surface area (Å²) in [6, 6.07) is 2.40. The van der Waals surface area contributed by atoms with Crippen LogP contribution in [0.5, 0.6) is 0 Å². The Morgan fingerprint density at radius 3 is 1.90 bits per heavy atom. The van der Waals surface area contributed by atoms with Crippen LogP contribution in [0.15, 0.2) is 12.1 Å². The molecule has 4 heteroatoms. The lowest BCUT2D eigenvalue weighted by Gasteiger charge is -2.01. The molecule has 0 aliphatic rings. The SMILES string of the molecule is Nc1cc(N)c(F)cc1N. The van der Waals surface area contributed by atoms with Crippen molar-refractivity contribution >= 4 is 17.1 Å². The van der Waals surface area contributed by atoms with Crippen LogP contribution in [0.2, 0.25) is 0 Å². The minimum atomic E-state index is -0.535. The second kappa shape index (κ2) is 2.06. The van der Waals surface area contributed by atoms with E-state index in [9.17, 15) is 4.39 Å². The first-order valence-electron chi connectivity index (χ1n) is 2.71. The van der Waals surface area contributed by atoms with Crippen LogP contribution < -0.4 is 17.2 Å². The molecule has 0 aliphatic carbocycles. The summed E-state index contributed by atoms with van der Waals surface area (Å²) >= 11 is 0. The van der Waals surface area contributed by atoms with Crippen molar-refractivity contribution in [3.8, 4) is 0 Å². The minimum absolute atomic E-state index is 0.0201. The van der Waals surface area contributed by atoms with Crippen molar-refractivity contribution in [2.45, 2.75) is 0 Å². The van der Waals surface area contributed by atoms with E-state index in [2.05, 4.69) is 0 Å². The van der Waals surface area contributed by atoms with Gasteiger partial charge in [0.2, 0.25) is 0 Å². The van der Waals surface area contributed by atoms with Gasteiger partial charge in [0.05, 0.1) is 17.1 Å². The third-order valence-corrected chi connectivity index (χ3v) is 1.20. The molecule has 1 rings (SSSR count). The molecule has 0 heterocycles. The van der Waals surface area contributed by atoms with Crippen molar-refractivity contribution in [3.05, 3.63) is 17.9 Å². The molecular weight excluding hydrogens is 133 g/mol. The second-order valence-corrected chi connectivity index (χ2v) is 2.00. The van der Waals surface area contributed by atoms with E-state index < -0.39 is 5.82 Å². The molecule has 54 valence electrons. The van der Waals surface area contributed by atoms with Gasteiger partial charge in [0.1, 0.15) is 5.82 Å². The first kappa shape index (κ1) is 6.67. The van der Waals surface area contributed by atoms with E-state index in [0.29, 0.717) is 5.69 Å². The Balaban J connectivity index is 3.28. The molecule has 1 aromatic carbocycles. The van der Waals surface area contributed by atoms with Crippen LogP contribution in [-0.4, -0.2) is 0 Å². The van der Waals surface area contributed by atoms with E-state index in [1.807, 2.05) is 0 Å². The molecule has 0 aromatic heterocycles. The van der Waals surface area contributed by atoms with E-state index in [1.165, 1.54) is 6.07 Å². The number of nitrogen functional groups attached to an aromatic ring is 3. The Morgan fingerprint density at radius 1 is 0.900 bits per heavy atom. The van der Waals surface area contributed by atoms with Crippen LogP contribution >= 0.6 is 0 Å². The van der Waals surface area contributed by atoms with Crippen LogP contribution in [0, 0.1) is 5.82 Å². The van der Waals surface area contributed by atoms with Crippen molar-refractivity contribution in [1.29, 1.82) is 0 Å². The molecule has 0 amide bonds. The van der Waals surface area contributed by atoms with E-state index in [4.69, 9.17) is 17.2 Å². The largest absolute Gasteiger partial charge is 0.397 e. The Morgan fingerprint density at radius 2 is 1.40 bits per heavy atom. The number of benzene rings is 1. The van der Waals surface area contributed by atoms with Crippen molar-refractivity contribution in [2.24, 2.45) is 0 Å². The number of hydrogen-bond donors (Lipinski definition) is 3. The maximum atomic E-state index is 12.5. The summed E-state index contributed by atoms with van der Waals surface area (Å²) in [5.41, 5.74) is 16.3. The fraction of sp³-hybridized carbons (Fsp3) is 0. The van der Waals surface area contributed by atoms with E-state index in [0.717, 1.165) is 6.07 Å². The summed E-state index contributed by atoms with van der Waals surface area (Å²) in [7, 11) is 0. The molecule has 0 radical (unpaired) electrons. The zero-order valence-electron chi connectivity index (χ0n) is 5.26. The zero-order valence-corrected chi connectivity index (χ0v) is 5.26. The van der Waals surface area contributed by atoms with Crippen LogP contribution in [0.4, 0.5) is 21.5 Å². The molecule has 0 atom stereocenters. The number of nitrogens with two attached hydrogens (primary N) is 3. The van der Waals surface area contributed by atoms with Gasteiger partial charge in [0.15, 0.2) is 0 Å². The molecule has 0 aliphatic heterocycles. The Bertz CT molecular complexity index is 209. The third-order valence-electron chi connectivity index (χ3n) is 1.20. The third kappa shape index (κ3) is 0.953. The molecule has 0 saturated carbocycles. The molecule has 0 unspecified atom stereocenters. The summed E-state index contributed by atoms with van der Waals surface area (Å²) < 4.78 is 12.5. The number of rotatable bonds is 0. The smallest absolute Gasteiger partial charge is 0.148 e. The van der Waals surface area contributed by atoms with Gasteiger partial charge in [0, 0.05) is 6.07 Å². The first-order valence-corrected chi connectivity index (χ1v) is 2.71. The molecule has 0 spiro atoms. The van der Waals surface area contributed by atoms with Crippen molar-refractivity contribution in [3.63, 3.8) is 0 Å². The first-order chi connectivity index (χ1) is 4.61. The second-order valence-electron chi connectivity index (χ2n) is 2.00. The average Bonchev–Trinajstić information content (AvgIpc) is 1.84. The standard InChI is InChI=1S/C6H8FN3/c7-3-1-5(9)6(10)2-4(3)8/h1-2H,8-10H2. The fourth-order valence-corrected chi connectivity index (χ4v) is 0.623. The van der Waals surface area contributed by atoms with E-state index in [-0.39, 0.29) is 11.4 Å². The van der Waals surface area contributed by atoms with Crippen molar-refractivity contribution < 1.29 is 4.39 Å². The van der Waals surface area contributed by atoms with Gasteiger partial charge >= 0.3 is 0 Å². The molecule has 0 bridgehead atoms. The van der Waals surface area contributed by atoms with Gasteiger partial charge < -0.3 is 17.2 Å². The summed E-state index contributed by atoms with van der Waals surface area (Å²) in [6.45, 7) is 0. The van der Waals surface area contributed by atoms with Crippen molar-refractivity contribution in [2.75, 3.05) is 17.2 Å².